The van der Waals surface area contributed by atoms with Crippen LogP contribution in [0.4, 0.5) is 5.82 Å². The van der Waals surface area contributed by atoms with Crippen LogP contribution in [0.3, 0.4) is 0 Å². The van der Waals surface area contributed by atoms with Crippen LogP contribution in [0.1, 0.15) is 13.3 Å². The van der Waals surface area contributed by atoms with Crippen LogP contribution in [0.5, 0.6) is 0 Å². The van der Waals surface area contributed by atoms with Crippen LogP contribution in [0, 0.1) is 0 Å². The predicted molar refractivity (Wildman–Crippen MR) is 54.5 cm³/mol. The lowest BCUT2D eigenvalue weighted by atomic mass is 10.3. The molecule has 5 heteroatoms. The number of nitrogens with zero attached hydrogens (tertiary/aromatic N) is 2. The average molecular weight is 246 g/mol. The van der Waals surface area contributed by atoms with Gasteiger partial charge in [0.25, 0.3) is 0 Å². The molecule has 0 aliphatic heterocycles. The van der Waals surface area contributed by atoms with E-state index in [0.717, 1.165) is 10.3 Å². The Morgan fingerprint density at radius 3 is 3.08 bits per heavy atom. The van der Waals surface area contributed by atoms with E-state index in [1.54, 1.807) is 13.1 Å². The van der Waals surface area contributed by atoms with Crippen molar-refractivity contribution in [1.82, 2.24) is 9.97 Å². The Bertz CT molecular complexity index is 267. The third-order valence-corrected chi connectivity index (χ3v) is 2.10. The highest BCUT2D eigenvalue weighted by molar-refractivity contribution is 9.10. The Kier molecular flexibility index (Phi) is 4.11. The zero-order valence-corrected chi connectivity index (χ0v) is 8.95. The Hall–Kier alpha value is -0.680. The number of aliphatic hydroxyl groups is 1. The Morgan fingerprint density at radius 2 is 2.46 bits per heavy atom. The number of aromatic nitrogens is 2. The Labute approximate surface area is 85.5 Å². The number of hydrogen-bond acceptors (Lipinski definition) is 4. The van der Waals surface area contributed by atoms with Gasteiger partial charge in [-0.15, -0.1) is 0 Å². The molecule has 0 spiro atoms. The van der Waals surface area contributed by atoms with E-state index in [0.29, 0.717) is 13.0 Å². The molecule has 1 aromatic rings. The molecule has 0 aliphatic carbocycles. The standard InChI is InChI=1S/C8H12BrN3O/c1-6(13)2-3-11-8-7(9)4-10-5-12-8/h4-6,13H,2-3H2,1H3,(H,10,11,12)/t6-/m1/s1. The van der Waals surface area contributed by atoms with E-state index >= 15 is 0 Å². The number of aliphatic hydroxyl groups excluding tert-OH is 1. The molecule has 0 radical (unpaired) electrons. The summed E-state index contributed by atoms with van der Waals surface area (Å²) in [6.45, 7) is 2.46. The van der Waals surface area contributed by atoms with Crippen LogP contribution >= 0.6 is 15.9 Å². The first-order chi connectivity index (χ1) is 6.20. The lowest BCUT2D eigenvalue weighted by Crippen LogP contribution is -2.10. The van der Waals surface area contributed by atoms with Gasteiger partial charge in [0.05, 0.1) is 10.6 Å². The normalized spacial score (nSPS) is 12.5. The summed E-state index contributed by atoms with van der Waals surface area (Å²) < 4.78 is 0.834. The summed E-state index contributed by atoms with van der Waals surface area (Å²) in [6.07, 6.45) is 3.58. The molecule has 1 heterocycles. The predicted octanol–water partition coefficient (Wildman–Crippen LogP) is 1.42. The van der Waals surface area contributed by atoms with Crippen LogP contribution in [-0.4, -0.2) is 27.7 Å². The van der Waals surface area contributed by atoms with E-state index in [4.69, 9.17) is 5.11 Å². The molecule has 1 rings (SSSR count). The molecule has 0 aromatic carbocycles. The maximum Gasteiger partial charge on any atom is 0.143 e. The van der Waals surface area contributed by atoms with Gasteiger partial charge in [0, 0.05) is 12.7 Å². The molecule has 4 nitrogen and oxygen atoms in total. The van der Waals surface area contributed by atoms with Crippen molar-refractivity contribution < 1.29 is 5.11 Å². The molecule has 0 unspecified atom stereocenters. The molecular formula is C8H12BrN3O. The molecule has 72 valence electrons. The fraction of sp³-hybridized carbons (Fsp3) is 0.500. The molecule has 0 amide bonds. The first kappa shape index (κ1) is 10.4. The highest BCUT2D eigenvalue weighted by Gasteiger charge is 2.00. The molecule has 1 atom stereocenters. The van der Waals surface area contributed by atoms with E-state index in [2.05, 4.69) is 31.2 Å². The number of rotatable bonds is 4. The van der Waals surface area contributed by atoms with Gasteiger partial charge < -0.3 is 10.4 Å². The fourth-order valence-corrected chi connectivity index (χ4v) is 1.20. The molecule has 0 saturated carbocycles. The van der Waals surface area contributed by atoms with Gasteiger partial charge in [-0.3, -0.25) is 0 Å². The monoisotopic (exact) mass is 245 g/mol. The maximum atomic E-state index is 9.02. The molecule has 1 aromatic heterocycles. The van der Waals surface area contributed by atoms with Gasteiger partial charge >= 0.3 is 0 Å². The molecule has 2 N–H and O–H groups in total. The highest BCUT2D eigenvalue weighted by Crippen LogP contribution is 2.16. The minimum absolute atomic E-state index is 0.284. The van der Waals surface area contributed by atoms with Crippen LogP contribution in [0.25, 0.3) is 0 Å². The van der Waals surface area contributed by atoms with E-state index in [-0.39, 0.29) is 6.10 Å². The van der Waals surface area contributed by atoms with Gasteiger partial charge in [-0.05, 0) is 29.3 Å². The Morgan fingerprint density at radius 1 is 1.69 bits per heavy atom. The van der Waals surface area contributed by atoms with E-state index in [1.165, 1.54) is 6.33 Å². The van der Waals surface area contributed by atoms with Crippen LogP contribution in [0.2, 0.25) is 0 Å². The van der Waals surface area contributed by atoms with Gasteiger partial charge in [0.2, 0.25) is 0 Å². The Balaban J connectivity index is 2.41. The highest BCUT2D eigenvalue weighted by atomic mass is 79.9. The molecular weight excluding hydrogens is 234 g/mol. The lowest BCUT2D eigenvalue weighted by molar-refractivity contribution is 0.188. The third kappa shape index (κ3) is 3.69. The molecule has 13 heavy (non-hydrogen) atoms. The van der Waals surface area contributed by atoms with Crippen molar-refractivity contribution >= 4 is 21.7 Å². The number of nitrogens with one attached hydrogen (secondary N) is 1. The second kappa shape index (κ2) is 5.14. The van der Waals surface area contributed by atoms with E-state index in [9.17, 15) is 0 Å². The SMILES string of the molecule is C[C@@H](O)CCNc1ncncc1Br. The van der Waals surface area contributed by atoms with Crippen LogP contribution < -0.4 is 5.32 Å². The largest absolute Gasteiger partial charge is 0.393 e. The van der Waals surface area contributed by atoms with Crippen molar-refractivity contribution in [2.75, 3.05) is 11.9 Å². The van der Waals surface area contributed by atoms with Crippen molar-refractivity contribution in [2.45, 2.75) is 19.4 Å². The second-order valence-corrected chi connectivity index (χ2v) is 3.64. The van der Waals surface area contributed by atoms with Gasteiger partial charge in [0.15, 0.2) is 0 Å². The summed E-state index contributed by atoms with van der Waals surface area (Å²) in [5.41, 5.74) is 0. The molecule has 0 aliphatic rings. The fourth-order valence-electron chi connectivity index (χ4n) is 0.842. The minimum atomic E-state index is -0.284. The third-order valence-electron chi connectivity index (χ3n) is 1.52. The molecule has 0 saturated heterocycles. The smallest absolute Gasteiger partial charge is 0.143 e. The first-order valence-electron chi connectivity index (χ1n) is 4.07. The summed E-state index contributed by atoms with van der Waals surface area (Å²) in [7, 11) is 0. The van der Waals surface area contributed by atoms with Crippen molar-refractivity contribution in [1.29, 1.82) is 0 Å². The summed E-state index contributed by atoms with van der Waals surface area (Å²) in [4.78, 5) is 7.87. The van der Waals surface area contributed by atoms with E-state index < -0.39 is 0 Å². The summed E-state index contributed by atoms with van der Waals surface area (Å²) in [5.74, 6) is 0.760. The average Bonchev–Trinajstić information content (AvgIpc) is 2.08. The van der Waals surface area contributed by atoms with Crippen molar-refractivity contribution in [2.24, 2.45) is 0 Å². The number of hydrogen-bond donors (Lipinski definition) is 2. The summed E-state index contributed by atoms with van der Waals surface area (Å²) in [6, 6.07) is 0. The van der Waals surface area contributed by atoms with Gasteiger partial charge in [0.1, 0.15) is 12.1 Å². The molecule has 0 fully saturated rings. The summed E-state index contributed by atoms with van der Waals surface area (Å²) in [5, 5.41) is 12.1. The molecule has 0 bridgehead atoms. The van der Waals surface area contributed by atoms with Crippen LogP contribution in [0.15, 0.2) is 17.0 Å². The minimum Gasteiger partial charge on any atom is -0.393 e. The zero-order valence-electron chi connectivity index (χ0n) is 7.37. The quantitative estimate of drug-likeness (QED) is 0.843. The maximum absolute atomic E-state index is 9.02. The number of anilines is 1. The zero-order chi connectivity index (χ0) is 9.68. The van der Waals surface area contributed by atoms with Gasteiger partial charge in [-0.1, -0.05) is 0 Å². The van der Waals surface area contributed by atoms with Gasteiger partial charge in [-0.25, -0.2) is 9.97 Å². The van der Waals surface area contributed by atoms with E-state index in [1.807, 2.05) is 0 Å². The number of halogens is 1. The van der Waals surface area contributed by atoms with Crippen molar-refractivity contribution in [3.63, 3.8) is 0 Å². The van der Waals surface area contributed by atoms with Crippen molar-refractivity contribution in [3.8, 4) is 0 Å². The topological polar surface area (TPSA) is 58.0 Å². The first-order valence-corrected chi connectivity index (χ1v) is 4.87. The van der Waals surface area contributed by atoms with Gasteiger partial charge in [-0.2, -0.15) is 0 Å². The second-order valence-electron chi connectivity index (χ2n) is 2.78. The van der Waals surface area contributed by atoms with Crippen LogP contribution in [-0.2, 0) is 0 Å². The summed E-state index contributed by atoms with van der Waals surface area (Å²) >= 11 is 3.31. The van der Waals surface area contributed by atoms with Crippen molar-refractivity contribution in [3.05, 3.63) is 17.0 Å². The lowest BCUT2D eigenvalue weighted by Gasteiger charge is -2.07.